The van der Waals surface area contributed by atoms with E-state index in [0.29, 0.717) is 29.4 Å². The summed E-state index contributed by atoms with van der Waals surface area (Å²) < 4.78 is 34.2. The summed E-state index contributed by atoms with van der Waals surface area (Å²) in [7, 11) is -4.30. The number of hydrogen-bond acceptors (Lipinski definition) is 8. The summed E-state index contributed by atoms with van der Waals surface area (Å²) in [5.41, 5.74) is 0.667. The number of ether oxygens (including phenoxy) is 1. The van der Waals surface area contributed by atoms with Crippen molar-refractivity contribution in [2.45, 2.75) is 64.2 Å². The van der Waals surface area contributed by atoms with Crippen molar-refractivity contribution in [2.75, 3.05) is 6.61 Å². The predicted octanol–water partition coefficient (Wildman–Crippen LogP) is 1.63. The largest absolute Gasteiger partial charge is 0.493 e. The van der Waals surface area contributed by atoms with Crippen LogP contribution in [-0.4, -0.2) is 50.7 Å². The third kappa shape index (κ3) is 5.08. The molecule has 0 radical (unpaired) electrons. The number of sulfonamides is 1. The van der Waals surface area contributed by atoms with Gasteiger partial charge in [-0.1, -0.05) is 13.8 Å². The van der Waals surface area contributed by atoms with Crippen LogP contribution in [0.25, 0.3) is 16.9 Å². The Morgan fingerprint density at radius 1 is 1.24 bits per heavy atom. The van der Waals surface area contributed by atoms with Crippen molar-refractivity contribution in [2.24, 2.45) is 0 Å². The fourth-order valence-electron chi connectivity index (χ4n) is 3.69. The van der Waals surface area contributed by atoms with Crippen LogP contribution < -0.4 is 15.0 Å². The Morgan fingerprint density at radius 3 is 2.48 bits per heavy atom. The molecular weight excluding hydrogens is 450 g/mol. The van der Waals surface area contributed by atoms with Crippen molar-refractivity contribution in [3.8, 4) is 17.1 Å². The van der Waals surface area contributed by atoms with Gasteiger partial charge in [0.05, 0.1) is 22.8 Å². The normalized spacial score (nSPS) is 12.6. The van der Waals surface area contributed by atoms with Gasteiger partial charge in [0.25, 0.3) is 5.56 Å². The number of rotatable bonds is 9. The molecular formula is C21H29N5O6S. The van der Waals surface area contributed by atoms with Gasteiger partial charge in [0, 0.05) is 12.8 Å². The first-order valence-corrected chi connectivity index (χ1v) is 12.2. The number of H-pyrrole nitrogens is 1. The smallest absolute Gasteiger partial charge is 0.277 e. The average molecular weight is 480 g/mol. The van der Waals surface area contributed by atoms with Crippen LogP contribution in [0, 0.1) is 6.92 Å². The summed E-state index contributed by atoms with van der Waals surface area (Å²) in [6.45, 7) is 8.74. The molecule has 11 nitrogen and oxygen atoms in total. The number of aromatic nitrogens is 4. The van der Waals surface area contributed by atoms with E-state index in [1.165, 1.54) is 22.7 Å². The second-order valence-corrected chi connectivity index (χ2v) is 9.53. The van der Waals surface area contributed by atoms with Gasteiger partial charge in [0.15, 0.2) is 11.3 Å². The molecule has 33 heavy (non-hydrogen) atoms. The minimum absolute atomic E-state index is 0.0856. The van der Waals surface area contributed by atoms with E-state index in [-0.39, 0.29) is 22.2 Å². The molecule has 0 saturated heterocycles. The second-order valence-electron chi connectivity index (χ2n) is 7.85. The first-order chi connectivity index (χ1) is 15.4. The fraction of sp³-hybridized carbons (Fsp3) is 0.476. The molecule has 2 aromatic heterocycles. The molecule has 0 bridgehead atoms. The Bertz CT molecular complexity index is 1320. The Kier molecular flexibility index (Phi) is 6.93. The van der Waals surface area contributed by atoms with Crippen molar-refractivity contribution in [3.63, 3.8) is 0 Å². The van der Waals surface area contributed by atoms with Crippen molar-refractivity contribution >= 4 is 15.5 Å². The van der Waals surface area contributed by atoms with Gasteiger partial charge >= 0.3 is 0 Å². The summed E-state index contributed by atoms with van der Waals surface area (Å²) in [5.74, 6) is -1.52. The van der Waals surface area contributed by atoms with E-state index in [4.69, 9.17) is 4.74 Å². The maximum Gasteiger partial charge on any atom is 0.277 e. The average Bonchev–Trinajstić information content (AvgIpc) is 3.04. The predicted molar refractivity (Wildman–Crippen MR) is 121 cm³/mol. The van der Waals surface area contributed by atoms with E-state index in [2.05, 4.69) is 15.1 Å². The number of aromatic amines is 1. The molecule has 0 atom stereocenters. The second kappa shape index (κ2) is 9.21. The number of aryl methyl sites for hydroxylation is 1. The highest BCUT2D eigenvalue weighted by molar-refractivity contribution is 7.89. The Labute approximate surface area is 191 Å². The Hall–Kier alpha value is -2.80. The Balaban J connectivity index is 2.27. The summed E-state index contributed by atoms with van der Waals surface area (Å²) in [6.07, 6.45) is 1.62. The molecule has 180 valence electrons. The highest BCUT2D eigenvalue weighted by Crippen LogP contribution is 2.31. The van der Waals surface area contributed by atoms with Crippen LogP contribution in [0.1, 0.15) is 58.0 Å². The lowest BCUT2D eigenvalue weighted by Gasteiger charge is -2.18. The van der Waals surface area contributed by atoms with Crippen molar-refractivity contribution in [1.29, 1.82) is 0 Å². The zero-order chi connectivity index (χ0) is 24.6. The molecule has 0 spiro atoms. The van der Waals surface area contributed by atoms with Crippen LogP contribution in [0.3, 0.4) is 0 Å². The van der Waals surface area contributed by atoms with Gasteiger partial charge in [-0.05, 0) is 44.9 Å². The van der Waals surface area contributed by atoms with Crippen LogP contribution in [0.5, 0.6) is 5.75 Å². The van der Waals surface area contributed by atoms with E-state index in [1.807, 2.05) is 13.8 Å². The molecule has 0 saturated carbocycles. The quantitative estimate of drug-likeness (QED) is 0.337. The molecule has 1 aromatic carbocycles. The topological polar surface area (TPSA) is 159 Å². The van der Waals surface area contributed by atoms with Crippen molar-refractivity contribution in [3.05, 3.63) is 40.1 Å². The fourth-order valence-corrected chi connectivity index (χ4v) is 4.84. The third-order valence-electron chi connectivity index (χ3n) is 5.20. The molecule has 2 heterocycles. The maximum atomic E-state index is 13.0. The number of fused-ring (bicyclic) bond motifs is 1. The maximum absolute atomic E-state index is 13.0. The van der Waals surface area contributed by atoms with Crippen LogP contribution in [-0.2, 0) is 10.0 Å². The first-order valence-electron chi connectivity index (χ1n) is 10.7. The van der Waals surface area contributed by atoms with Crippen LogP contribution >= 0.6 is 0 Å². The lowest BCUT2D eigenvalue weighted by atomic mass is 10.0. The summed E-state index contributed by atoms with van der Waals surface area (Å²) in [6, 6.07) is 3.94. The van der Waals surface area contributed by atoms with Crippen molar-refractivity contribution < 1.29 is 23.4 Å². The van der Waals surface area contributed by atoms with E-state index >= 15 is 0 Å². The van der Waals surface area contributed by atoms with Gasteiger partial charge in [0.1, 0.15) is 11.6 Å². The van der Waals surface area contributed by atoms with Gasteiger partial charge < -0.3 is 19.9 Å². The molecule has 0 amide bonds. The summed E-state index contributed by atoms with van der Waals surface area (Å²) in [4.78, 5) is 20.0. The number of imidazole rings is 1. The van der Waals surface area contributed by atoms with Gasteiger partial charge in [-0.25, -0.2) is 17.9 Å². The zero-order valence-electron chi connectivity index (χ0n) is 19.2. The third-order valence-corrected chi connectivity index (χ3v) is 6.73. The molecule has 0 fully saturated rings. The molecule has 4 N–H and O–H groups in total. The molecule has 0 aliphatic rings. The molecule has 0 aliphatic heterocycles. The van der Waals surface area contributed by atoms with Gasteiger partial charge in [-0.2, -0.15) is 4.72 Å². The van der Waals surface area contributed by atoms with Crippen LogP contribution in [0.2, 0.25) is 0 Å². The van der Waals surface area contributed by atoms with Gasteiger partial charge in [-0.3, -0.25) is 4.79 Å². The van der Waals surface area contributed by atoms with Crippen molar-refractivity contribution in [1.82, 2.24) is 24.3 Å². The van der Waals surface area contributed by atoms with Crippen LogP contribution in [0.15, 0.2) is 27.9 Å². The lowest BCUT2D eigenvalue weighted by Crippen LogP contribution is -2.45. The zero-order valence-corrected chi connectivity index (χ0v) is 20.0. The number of nitrogens with zero attached hydrogens (tertiary/aromatic N) is 3. The van der Waals surface area contributed by atoms with E-state index < -0.39 is 21.5 Å². The van der Waals surface area contributed by atoms with E-state index in [9.17, 15) is 23.4 Å². The Morgan fingerprint density at radius 2 is 1.91 bits per heavy atom. The number of benzene rings is 1. The minimum Gasteiger partial charge on any atom is -0.493 e. The summed E-state index contributed by atoms with van der Waals surface area (Å²) in [5, 5.41) is 23.6. The van der Waals surface area contributed by atoms with E-state index in [1.54, 1.807) is 18.6 Å². The van der Waals surface area contributed by atoms with Gasteiger partial charge in [-0.15, -0.1) is 5.10 Å². The molecule has 12 heteroatoms. The standard InChI is InChI=1S/C21H29N5O6S/c1-6-13(7-2)19-22-12(4)17-20(27)23-18(24-26(17)19)15-11-14(9-10-16(15)32-8-3)33(30,31)25-21(5,28)29/h9-11,13,25,28-29H,6-8H2,1-5H3,(H,23,24,27). The SMILES string of the molecule is CCOc1ccc(S(=O)(=O)NC(C)(O)O)cc1-c1nn2c(C(CC)CC)nc(C)c2c(=O)[nH]1. The molecule has 0 unspecified atom stereocenters. The molecule has 0 aliphatic carbocycles. The van der Waals surface area contributed by atoms with E-state index in [0.717, 1.165) is 19.8 Å². The monoisotopic (exact) mass is 479 g/mol. The first kappa shape index (κ1) is 24.8. The highest BCUT2D eigenvalue weighted by Gasteiger charge is 2.27. The molecule has 3 aromatic rings. The number of aliphatic hydroxyl groups is 2. The molecule has 3 rings (SSSR count). The lowest BCUT2D eigenvalue weighted by molar-refractivity contribution is -0.152. The number of hydrogen-bond donors (Lipinski definition) is 4. The minimum atomic E-state index is -4.30. The number of nitrogens with one attached hydrogen (secondary N) is 2. The highest BCUT2D eigenvalue weighted by atomic mass is 32.2. The van der Waals surface area contributed by atoms with Gasteiger partial charge in [0.2, 0.25) is 15.9 Å². The summed E-state index contributed by atoms with van der Waals surface area (Å²) >= 11 is 0. The van der Waals surface area contributed by atoms with Crippen LogP contribution in [0.4, 0.5) is 0 Å².